The molecule has 6 heteroatoms. The maximum Gasteiger partial charge on any atom is 0.257 e. The molecule has 1 N–H and O–H groups in total. The van der Waals surface area contributed by atoms with Crippen LogP contribution in [0.4, 0.5) is 5.82 Å². The number of hydrogen-bond acceptors (Lipinski definition) is 5. The molecule has 24 heavy (non-hydrogen) atoms. The number of nitrogens with zero attached hydrogens (tertiary/aromatic N) is 3. The van der Waals surface area contributed by atoms with E-state index in [0.717, 1.165) is 28.3 Å². The number of nitrogens with one attached hydrogen (secondary N) is 1. The molecule has 1 aliphatic rings. The van der Waals surface area contributed by atoms with Crippen molar-refractivity contribution < 1.29 is 9.47 Å². The van der Waals surface area contributed by atoms with E-state index in [1.54, 1.807) is 6.20 Å². The predicted octanol–water partition coefficient (Wildman–Crippen LogP) is 3.06. The lowest BCUT2D eigenvalue weighted by Crippen LogP contribution is -2.16. The molecule has 0 unspecified atom stereocenters. The van der Waals surface area contributed by atoms with Crippen LogP contribution in [0.5, 0.6) is 11.6 Å². The van der Waals surface area contributed by atoms with Crippen LogP contribution < -0.4 is 14.8 Å². The zero-order valence-electron chi connectivity index (χ0n) is 13.6. The molecule has 1 aromatic carbocycles. The van der Waals surface area contributed by atoms with E-state index in [2.05, 4.69) is 10.3 Å². The average Bonchev–Trinajstić information content (AvgIpc) is 2.98. The number of para-hydroxylation sites is 1. The molecule has 1 aliphatic heterocycles. The van der Waals surface area contributed by atoms with Crippen LogP contribution in [0, 0.1) is 6.92 Å². The lowest BCUT2D eigenvalue weighted by atomic mass is 10.1. The quantitative estimate of drug-likeness (QED) is 0.803. The molecule has 6 nitrogen and oxygen atoms in total. The van der Waals surface area contributed by atoms with Crippen molar-refractivity contribution in [3.63, 3.8) is 0 Å². The molecule has 0 saturated carbocycles. The van der Waals surface area contributed by atoms with Crippen LogP contribution in [-0.4, -0.2) is 35.0 Å². The molecule has 0 atom stereocenters. The zero-order chi connectivity index (χ0) is 16.5. The van der Waals surface area contributed by atoms with E-state index in [-0.39, 0.29) is 0 Å². The van der Waals surface area contributed by atoms with Gasteiger partial charge in [0.15, 0.2) is 5.75 Å². The van der Waals surface area contributed by atoms with E-state index in [4.69, 9.17) is 14.6 Å². The summed E-state index contributed by atoms with van der Waals surface area (Å²) in [5.41, 5.74) is 3.83. The summed E-state index contributed by atoms with van der Waals surface area (Å²) in [7, 11) is 1.90. The van der Waals surface area contributed by atoms with Crippen molar-refractivity contribution in [1.29, 1.82) is 0 Å². The van der Waals surface area contributed by atoms with Crippen LogP contribution in [0.3, 0.4) is 0 Å². The summed E-state index contributed by atoms with van der Waals surface area (Å²) in [6.45, 7) is 3.12. The van der Waals surface area contributed by atoms with Gasteiger partial charge >= 0.3 is 0 Å². The number of aromatic nitrogens is 3. The Hall–Kier alpha value is -3.02. The molecular weight excluding hydrogens is 304 g/mol. The van der Waals surface area contributed by atoms with E-state index >= 15 is 0 Å². The Bertz CT molecular complexity index is 874. The molecule has 0 saturated heterocycles. The standard InChI is InChI=1S/C18H18N4O2/c1-12-16(13-10-15-18(20-11-13)24-9-8-23-15)21-22(17(12)19-2)14-6-4-3-5-7-14/h3-7,10-11,19H,8-9H2,1-2H3. The number of rotatable bonds is 3. The Morgan fingerprint density at radius 2 is 1.92 bits per heavy atom. The van der Waals surface area contributed by atoms with Gasteiger partial charge in [-0.15, -0.1) is 0 Å². The highest BCUT2D eigenvalue weighted by Gasteiger charge is 2.19. The van der Waals surface area contributed by atoms with Crippen molar-refractivity contribution in [3.8, 4) is 28.6 Å². The van der Waals surface area contributed by atoms with Crippen molar-refractivity contribution in [2.75, 3.05) is 25.6 Å². The largest absolute Gasteiger partial charge is 0.484 e. The second-order valence-corrected chi connectivity index (χ2v) is 5.54. The van der Waals surface area contributed by atoms with Crippen LogP contribution in [0.25, 0.3) is 16.9 Å². The summed E-state index contributed by atoms with van der Waals surface area (Å²) >= 11 is 0. The van der Waals surface area contributed by atoms with E-state index in [0.29, 0.717) is 24.8 Å². The third-order valence-electron chi connectivity index (χ3n) is 4.03. The molecular formula is C18H18N4O2. The topological polar surface area (TPSA) is 61.2 Å². The third kappa shape index (κ3) is 2.36. The third-order valence-corrected chi connectivity index (χ3v) is 4.03. The fourth-order valence-corrected chi connectivity index (χ4v) is 2.88. The minimum atomic E-state index is 0.533. The SMILES string of the molecule is CNc1c(C)c(-c2cnc3c(c2)OCCO3)nn1-c1ccccc1. The highest BCUT2D eigenvalue weighted by atomic mass is 16.6. The number of fused-ring (bicyclic) bond motifs is 1. The molecule has 0 amide bonds. The zero-order valence-corrected chi connectivity index (χ0v) is 13.6. The number of pyridine rings is 1. The second kappa shape index (κ2) is 5.88. The van der Waals surface area contributed by atoms with Crippen LogP contribution in [-0.2, 0) is 0 Å². The first-order valence-electron chi connectivity index (χ1n) is 7.86. The minimum absolute atomic E-state index is 0.533. The van der Waals surface area contributed by atoms with Crippen LogP contribution in [0.15, 0.2) is 42.6 Å². The molecule has 122 valence electrons. The highest BCUT2D eigenvalue weighted by Crippen LogP contribution is 2.35. The maximum absolute atomic E-state index is 5.64. The van der Waals surface area contributed by atoms with Gasteiger partial charge in [0.2, 0.25) is 0 Å². The van der Waals surface area contributed by atoms with Gasteiger partial charge in [-0.25, -0.2) is 9.67 Å². The lowest BCUT2D eigenvalue weighted by Gasteiger charge is -2.17. The van der Waals surface area contributed by atoms with Crippen LogP contribution in [0.1, 0.15) is 5.56 Å². The maximum atomic E-state index is 5.64. The van der Waals surface area contributed by atoms with Crippen LogP contribution in [0.2, 0.25) is 0 Å². The van der Waals surface area contributed by atoms with E-state index in [1.165, 1.54) is 0 Å². The summed E-state index contributed by atoms with van der Waals surface area (Å²) in [5.74, 6) is 2.16. The molecule has 0 radical (unpaired) electrons. The van der Waals surface area contributed by atoms with Crippen molar-refractivity contribution in [2.45, 2.75) is 6.92 Å². The normalized spacial score (nSPS) is 12.9. The van der Waals surface area contributed by atoms with Gasteiger partial charge < -0.3 is 14.8 Å². The molecule has 0 fully saturated rings. The fraction of sp³-hybridized carbons (Fsp3) is 0.222. The van der Waals surface area contributed by atoms with Crippen molar-refractivity contribution in [2.24, 2.45) is 0 Å². The molecule has 3 aromatic rings. The van der Waals surface area contributed by atoms with Crippen molar-refractivity contribution in [3.05, 3.63) is 48.2 Å². The lowest BCUT2D eigenvalue weighted by molar-refractivity contribution is 0.164. The Balaban J connectivity index is 1.83. The first kappa shape index (κ1) is 14.6. The fourth-order valence-electron chi connectivity index (χ4n) is 2.88. The van der Waals surface area contributed by atoms with Gasteiger partial charge in [0.05, 0.1) is 11.4 Å². The first-order chi connectivity index (χ1) is 11.8. The Labute approximate surface area is 140 Å². The second-order valence-electron chi connectivity index (χ2n) is 5.54. The van der Waals surface area contributed by atoms with E-state index in [9.17, 15) is 0 Å². The number of benzene rings is 1. The van der Waals surface area contributed by atoms with E-state index in [1.807, 2.05) is 55.1 Å². The Morgan fingerprint density at radius 1 is 1.12 bits per heavy atom. The predicted molar refractivity (Wildman–Crippen MR) is 92.1 cm³/mol. The van der Waals surface area contributed by atoms with Gasteiger partial charge in [0, 0.05) is 24.4 Å². The van der Waals surface area contributed by atoms with Gasteiger partial charge in [-0.3, -0.25) is 0 Å². The molecule has 3 heterocycles. The monoisotopic (exact) mass is 322 g/mol. The number of hydrogen-bond donors (Lipinski definition) is 1. The summed E-state index contributed by atoms with van der Waals surface area (Å²) in [4.78, 5) is 4.36. The van der Waals surface area contributed by atoms with Crippen molar-refractivity contribution >= 4 is 5.82 Å². The molecule has 4 rings (SSSR count). The van der Waals surface area contributed by atoms with Gasteiger partial charge in [-0.2, -0.15) is 5.10 Å². The smallest absolute Gasteiger partial charge is 0.257 e. The molecule has 0 aliphatic carbocycles. The average molecular weight is 322 g/mol. The molecule has 0 bridgehead atoms. The molecule has 0 spiro atoms. The van der Waals surface area contributed by atoms with Crippen molar-refractivity contribution in [1.82, 2.24) is 14.8 Å². The highest BCUT2D eigenvalue weighted by molar-refractivity contribution is 5.71. The Kier molecular flexibility index (Phi) is 3.57. The summed E-state index contributed by atoms with van der Waals surface area (Å²) < 4.78 is 13.0. The van der Waals surface area contributed by atoms with Gasteiger partial charge in [0.1, 0.15) is 19.0 Å². The minimum Gasteiger partial charge on any atom is -0.484 e. The number of ether oxygens (including phenoxy) is 2. The number of anilines is 1. The summed E-state index contributed by atoms with van der Waals surface area (Å²) in [6, 6.07) is 12.0. The van der Waals surface area contributed by atoms with Gasteiger partial charge in [-0.05, 0) is 25.1 Å². The summed E-state index contributed by atoms with van der Waals surface area (Å²) in [6.07, 6.45) is 1.78. The molecule has 2 aromatic heterocycles. The summed E-state index contributed by atoms with van der Waals surface area (Å²) in [5, 5.41) is 8.03. The van der Waals surface area contributed by atoms with E-state index < -0.39 is 0 Å². The van der Waals surface area contributed by atoms with Gasteiger partial charge in [0.25, 0.3) is 5.88 Å². The Morgan fingerprint density at radius 3 is 2.71 bits per heavy atom. The van der Waals surface area contributed by atoms with Gasteiger partial charge in [-0.1, -0.05) is 18.2 Å². The van der Waals surface area contributed by atoms with Crippen LogP contribution >= 0.6 is 0 Å². The first-order valence-corrected chi connectivity index (χ1v) is 7.86.